The van der Waals surface area contributed by atoms with E-state index in [4.69, 9.17) is 10.1 Å². The first-order valence-corrected chi connectivity index (χ1v) is 19.0. The van der Waals surface area contributed by atoms with E-state index in [1.54, 1.807) is 0 Å². The fraction of sp³-hybridized carbons (Fsp3) is 0.575. The lowest BCUT2D eigenvalue weighted by atomic mass is 9.93. The molecule has 0 spiro atoms. The number of nitrogens with zero attached hydrogens (tertiary/aromatic N) is 7. The molecule has 2 fully saturated rings. The van der Waals surface area contributed by atoms with E-state index in [0.717, 1.165) is 91.6 Å². The summed E-state index contributed by atoms with van der Waals surface area (Å²) in [6, 6.07) is 12.6. The summed E-state index contributed by atoms with van der Waals surface area (Å²) in [5.41, 5.74) is 7.20. The summed E-state index contributed by atoms with van der Waals surface area (Å²) in [6.45, 7) is 12.0. The molecule has 2 saturated heterocycles. The minimum Gasteiger partial charge on any atom is -0.481 e. The lowest BCUT2D eigenvalue weighted by Gasteiger charge is -2.37. The highest BCUT2D eigenvalue weighted by atomic mass is 16.4. The van der Waals surface area contributed by atoms with Crippen molar-refractivity contribution >= 4 is 29.2 Å². The molecule has 2 aromatic heterocycles. The maximum Gasteiger partial charge on any atom is 0.304 e. The van der Waals surface area contributed by atoms with Crippen LogP contribution in [0.15, 0.2) is 36.4 Å². The lowest BCUT2D eigenvalue weighted by molar-refractivity contribution is -0.137. The van der Waals surface area contributed by atoms with Gasteiger partial charge < -0.3 is 24.7 Å². The number of hydrogen-bond acceptors (Lipinski definition) is 8. The summed E-state index contributed by atoms with van der Waals surface area (Å²) in [7, 11) is 0. The number of anilines is 2. The van der Waals surface area contributed by atoms with Gasteiger partial charge in [0.1, 0.15) is 5.82 Å². The van der Waals surface area contributed by atoms with Crippen LogP contribution in [0.3, 0.4) is 0 Å². The second-order valence-electron chi connectivity index (χ2n) is 15.3. The first-order valence-electron chi connectivity index (χ1n) is 19.0. The number of piperazine rings is 1. The van der Waals surface area contributed by atoms with Gasteiger partial charge in [-0.05, 0) is 113 Å². The van der Waals surface area contributed by atoms with Gasteiger partial charge in [0.2, 0.25) is 5.91 Å². The highest BCUT2D eigenvalue weighted by Crippen LogP contribution is 2.33. The fourth-order valence-corrected chi connectivity index (χ4v) is 8.72. The van der Waals surface area contributed by atoms with Gasteiger partial charge in [0.05, 0.1) is 23.8 Å². The van der Waals surface area contributed by atoms with Gasteiger partial charge in [0, 0.05) is 81.6 Å². The van der Waals surface area contributed by atoms with E-state index >= 15 is 0 Å². The van der Waals surface area contributed by atoms with Crippen LogP contribution in [-0.4, -0.2) is 106 Å². The van der Waals surface area contributed by atoms with E-state index in [-0.39, 0.29) is 30.1 Å². The summed E-state index contributed by atoms with van der Waals surface area (Å²) in [4.78, 5) is 53.1. The average Bonchev–Trinajstić information content (AvgIpc) is 3.73. The third-order valence-electron chi connectivity index (χ3n) is 11.6. The number of Topliss-reactive ketones (excluding diaryl/α,β-unsaturated/α-hetero) is 1. The standard InChI is InChI=1S/C40H53N7O4/c1-27-20-28(2)47(42-27)36-22-32-21-35(24-36)44-16-18-45(19-17-44)38(49)8-4-7-37(48)29(3)46-14-5-6-31-10-12-34(41-40(31)46)11-9-30-13-15-43(25-30)26-33(32)23-39(50)51/h10,12,20-22,24,29-30,33H,4-9,11,13-19,23,25-26H2,1-3H3,(H,50,51)/t29?,30-,33-/m1/s1. The number of hydrogen-bond donors (Lipinski definition) is 1. The molecule has 1 N–H and O–H groups in total. The largest absolute Gasteiger partial charge is 0.481 e. The molecule has 4 atom stereocenters. The predicted octanol–water partition coefficient (Wildman–Crippen LogP) is 4.94. The molecule has 0 radical (unpaired) electrons. The molecular formula is C40H53N7O4. The monoisotopic (exact) mass is 695 g/mol. The normalized spacial score (nSPS) is 24.9. The van der Waals surface area contributed by atoms with E-state index in [1.807, 2.05) is 30.4 Å². The van der Waals surface area contributed by atoms with Gasteiger partial charge in [-0.1, -0.05) is 6.07 Å². The van der Waals surface area contributed by atoms with Crippen molar-refractivity contribution < 1.29 is 19.5 Å². The van der Waals surface area contributed by atoms with Crippen LogP contribution in [0.25, 0.3) is 5.69 Å². The van der Waals surface area contributed by atoms with Crippen molar-refractivity contribution in [1.29, 1.82) is 0 Å². The average molecular weight is 696 g/mol. The minimum atomic E-state index is -0.794. The predicted molar refractivity (Wildman–Crippen MR) is 198 cm³/mol. The highest BCUT2D eigenvalue weighted by molar-refractivity contribution is 5.87. The van der Waals surface area contributed by atoms with Crippen LogP contribution in [0.2, 0.25) is 0 Å². The van der Waals surface area contributed by atoms with Crippen LogP contribution in [0.1, 0.15) is 86.0 Å². The number of carbonyl (C=O) groups is 3. The number of aromatic nitrogens is 3. The Bertz CT molecular complexity index is 1760. The van der Waals surface area contributed by atoms with E-state index in [2.05, 4.69) is 51.1 Å². The molecule has 3 aromatic rings. The molecule has 5 aliphatic heterocycles. The maximum atomic E-state index is 13.4. The third-order valence-corrected chi connectivity index (χ3v) is 11.6. The quantitative estimate of drug-likeness (QED) is 0.407. The molecule has 2 unspecified atom stereocenters. The van der Waals surface area contributed by atoms with Crippen LogP contribution < -0.4 is 9.80 Å². The number of carboxylic acids is 1. The number of carbonyl (C=O) groups excluding carboxylic acids is 2. The molecule has 1 aromatic carbocycles. The first-order chi connectivity index (χ1) is 24.6. The topological polar surface area (TPSA) is 115 Å². The summed E-state index contributed by atoms with van der Waals surface area (Å²) in [5, 5.41) is 14.9. The van der Waals surface area contributed by atoms with Gasteiger partial charge in [0.25, 0.3) is 0 Å². The van der Waals surface area contributed by atoms with Crippen molar-refractivity contribution in [3.63, 3.8) is 0 Å². The van der Waals surface area contributed by atoms with E-state index < -0.39 is 5.97 Å². The summed E-state index contributed by atoms with van der Waals surface area (Å²) >= 11 is 0. The van der Waals surface area contributed by atoms with Crippen molar-refractivity contribution in [2.45, 2.75) is 90.5 Å². The molecule has 0 saturated carbocycles. The Hall–Kier alpha value is -4.25. The summed E-state index contributed by atoms with van der Waals surface area (Å²) in [6.07, 6.45) is 6.32. The summed E-state index contributed by atoms with van der Waals surface area (Å²) in [5.74, 6) is 0.774. The number of aryl methyl sites for hydroxylation is 4. The second kappa shape index (κ2) is 15.2. The van der Waals surface area contributed by atoms with E-state index in [9.17, 15) is 19.5 Å². The number of ketones is 1. The third kappa shape index (κ3) is 7.98. The van der Waals surface area contributed by atoms with E-state index in [1.165, 1.54) is 5.56 Å². The van der Waals surface area contributed by atoms with Crippen LogP contribution in [0.5, 0.6) is 0 Å². The number of pyridine rings is 1. The zero-order chi connectivity index (χ0) is 35.6. The molecule has 8 bridgehead atoms. The molecular weight excluding hydrogens is 642 g/mol. The van der Waals surface area contributed by atoms with Crippen LogP contribution in [0, 0.1) is 19.8 Å². The van der Waals surface area contributed by atoms with Crippen molar-refractivity contribution in [3.8, 4) is 5.69 Å². The Labute approximate surface area is 301 Å². The molecule has 0 aliphatic carbocycles. The lowest BCUT2D eigenvalue weighted by Crippen LogP contribution is -2.49. The molecule has 5 aliphatic rings. The first kappa shape index (κ1) is 35.2. The van der Waals surface area contributed by atoms with Crippen LogP contribution in [-0.2, 0) is 27.2 Å². The number of amides is 1. The molecule has 51 heavy (non-hydrogen) atoms. The fourth-order valence-electron chi connectivity index (χ4n) is 8.72. The van der Waals surface area contributed by atoms with Gasteiger partial charge in [-0.15, -0.1) is 0 Å². The van der Waals surface area contributed by atoms with Gasteiger partial charge in [-0.2, -0.15) is 5.10 Å². The van der Waals surface area contributed by atoms with Gasteiger partial charge >= 0.3 is 5.97 Å². The van der Waals surface area contributed by atoms with Crippen LogP contribution in [0.4, 0.5) is 11.5 Å². The summed E-state index contributed by atoms with van der Waals surface area (Å²) < 4.78 is 1.96. The molecule has 7 heterocycles. The van der Waals surface area contributed by atoms with Crippen LogP contribution >= 0.6 is 0 Å². The molecule has 11 nitrogen and oxygen atoms in total. The number of carboxylic acid groups (broad SMARTS) is 1. The number of aliphatic carboxylic acids is 1. The van der Waals surface area contributed by atoms with Crippen molar-refractivity contribution in [2.75, 3.05) is 62.2 Å². The number of rotatable bonds is 3. The Morgan fingerprint density at radius 1 is 0.843 bits per heavy atom. The molecule has 11 heteroatoms. The Balaban J connectivity index is 1.18. The molecule has 8 rings (SSSR count). The number of fused-ring (bicyclic) bond motifs is 9. The van der Waals surface area contributed by atoms with Crippen molar-refractivity contribution in [1.82, 2.24) is 24.6 Å². The zero-order valence-corrected chi connectivity index (χ0v) is 30.5. The highest BCUT2D eigenvalue weighted by Gasteiger charge is 2.31. The Kier molecular flexibility index (Phi) is 10.5. The second-order valence-corrected chi connectivity index (χ2v) is 15.3. The van der Waals surface area contributed by atoms with Crippen molar-refractivity contribution in [2.24, 2.45) is 5.92 Å². The van der Waals surface area contributed by atoms with Gasteiger partial charge in [0.15, 0.2) is 5.78 Å². The zero-order valence-electron chi connectivity index (χ0n) is 30.5. The minimum absolute atomic E-state index is 0.0555. The maximum absolute atomic E-state index is 13.4. The Morgan fingerprint density at radius 2 is 1.63 bits per heavy atom. The molecule has 1 amide bonds. The van der Waals surface area contributed by atoms with E-state index in [0.29, 0.717) is 57.9 Å². The SMILES string of the molecule is Cc1cc(C)n(-c2cc3cc(c2)N2CCN(CC2)C(=O)CCCC(=O)C(C)N2CCCc4ccc(nc42)CC[C@@H]2CCN(C2)C[C@H]3CC(=O)O)n1. The van der Waals surface area contributed by atoms with Gasteiger partial charge in [-0.25, -0.2) is 9.67 Å². The number of benzene rings is 1. The Morgan fingerprint density at radius 3 is 2.39 bits per heavy atom. The molecule has 272 valence electrons. The van der Waals surface area contributed by atoms with Crippen molar-refractivity contribution in [3.05, 3.63) is 64.6 Å². The van der Waals surface area contributed by atoms with Gasteiger partial charge in [-0.3, -0.25) is 14.4 Å². The smallest absolute Gasteiger partial charge is 0.304 e.